The monoisotopic (exact) mass is 285 g/mol. The standard InChI is InChI=1S/C14H15N5S/c1-8-7-11-12(18-14(15)19-13(11)20-8)17-9(2)10-3-5-16-6-4-10/h3-7,9H,1-2H3,(H3,15,17,18,19). The molecule has 0 spiro atoms. The van der Waals surface area contributed by atoms with Crippen molar-refractivity contribution in [2.24, 2.45) is 0 Å². The molecule has 0 bridgehead atoms. The topological polar surface area (TPSA) is 76.7 Å². The highest BCUT2D eigenvalue weighted by molar-refractivity contribution is 7.18. The summed E-state index contributed by atoms with van der Waals surface area (Å²) in [6.45, 7) is 4.14. The molecular formula is C14H15N5S. The van der Waals surface area contributed by atoms with E-state index >= 15 is 0 Å². The third-order valence-corrected chi connectivity index (χ3v) is 4.04. The van der Waals surface area contributed by atoms with E-state index in [9.17, 15) is 0 Å². The molecule has 3 rings (SSSR count). The van der Waals surface area contributed by atoms with Crippen LogP contribution in [-0.4, -0.2) is 15.0 Å². The molecule has 0 saturated carbocycles. The van der Waals surface area contributed by atoms with Gasteiger partial charge in [0.05, 0.1) is 11.4 Å². The number of pyridine rings is 1. The molecule has 3 aromatic rings. The van der Waals surface area contributed by atoms with Crippen molar-refractivity contribution in [1.82, 2.24) is 15.0 Å². The second kappa shape index (κ2) is 5.05. The number of aromatic nitrogens is 3. The van der Waals surface area contributed by atoms with Crippen molar-refractivity contribution in [2.75, 3.05) is 11.1 Å². The molecule has 3 aromatic heterocycles. The minimum atomic E-state index is 0.121. The van der Waals surface area contributed by atoms with E-state index in [-0.39, 0.29) is 6.04 Å². The second-order valence-electron chi connectivity index (χ2n) is 4.65. The van der Waals surface area contributed by atoms with E-state index in [1.165, 1.54) is 4.88 Å². The Hall–Kier alpha value is -2.21. The lowest BCUT2D eigenvalue weighted by Crippen LogP contribution is -2.09. The molecule has 1 unspecified atom stereocenters. The molecule has 0 amide bonds. The molecule has 6 heteroatoms. The average Bonchev–Trinajstić information content (AvgIpc) is 2.80. The Morgan fingerprint density at radius 2 is 2.00 bits per heavy atom. The van der Waals surface area contributed by atoms with Crippen LogP contribution in [0.15, 0.2) is 30.6 Å². The van der Waals surface area contributed by atoms with Crippen molar-refractivity contribution in [2.45, 2.75) is 19.9 Å². The van der Waals surface area contributed by atoms with Crippen molar-refractivity contribution in [3.63, 3.8) is 0 Å². The molecular weight excluding hydrogens is 270 g/mol. The summed E-state index contributed by atoms with van der Waals surface area (Å²) in [5.41, 5.74) is 6.93. The smallest absolute Gasteiger partial charge is 0.223 e. The maximum Gasteiger partial charge on any atom is 0.223 e. The average molecular weight is 285 g/mol. The van der Waals surface area contributed by atoms with Gasteiger partial charge in [-0.1, -0.05) is 0 Å². The SMILES string of the molecule is Cc1cc2c(NC(C)c3ccncc3)nc(N)nc2s1. The number of hydrogen-bond acceptors (Lipinski definition) is 6. The van der Waals surface area contributed by atoms with Gasteiger partial charge < -0.3 is 11.1 Å². The summed E-state index contributed by atoms with van der Waals surface area (Å²) in [6.07, 6.45) is 3.57. The highest BCUT2D eigenvalue weighted by Gasteiger charge is 2.12. The maximum absolute atomic E-state index is 5.78. The molecule has 0 fully saturated rings. The fourth-order valence-electron chi connectivity index (χ4n) is 2.11. The number of nitrogens with zero attached hydrogens (tertiary/aromatic N) is 3. The Balaban J connectivity index is 1.98. The number of rotatable bonds is 3. The van der Waals surface area contributed by atoms with Gasteiger partial charge in [0.25, 0.3) is 0 Å². The van der Waals surface area contributed by atoms with E-state index in [1.54, 1.807) is 23.7 Å². The van der Waals surface area contributed by atoms with Gasteiger partial charge in [-0.05, 0) is 37.6 Å². The first kappa shape index (κ1) is 12.8. The number of aryl methyl sites for hydroxylation is 1. The summed E-state index contributed by atoms with van der Waals surface area (Å²) in [5.74, 6) is 1.07. The van der Waals surface area contributed by atoms with Gasteiger partial charge in [-0.2, -0.15) is 4.98 Å². The van der Waals surface area contributed by atoms with Crippen molar-refractivity contribution >= 4 is 33.3 Å². The van der Waals surface area contributed by atoms with Gasteiger partial charge in [0.15, 0.2) is 0 Å². The van der Waals surface area contributed by atoms with Crippen molar-refractivity contribution in [1.29, 1.82) is 0 Å². The normalized spacial score (nSPS) is 12.5. The van der Waals surface area contributed by atoms with Gasteiger partial charge in [0.2, 0.25) is 5.95 Å². The van der Waals surface area contributed by atoms with Crippen LogP contribution in [0.2, 0.25) is 0 Å². The van der Waals surface area contributed by atoms with E-state index in [0.29, 0.717) is 5.95 Å². The number of thiophene rings is 1. The summed E-state index contributed by atoms with van der Waals surface area (Å²) in [7, 11) is 0. The third kappa shape index (κ3) is 2.42. The van der Waals surface area contributed by atoms with Crippen LogP contribution >= 0.6 is 11.3 Å². The second-order valence-corrected chi connectivity index (χ2v) is 5.89. The Morgan fingerprint density at radius 1 is 1.25 bits per heavy atom. The zero-order valence-electron chi connectivity index (χ0n) is 11.3. The number of hydrogen-bond donors (Lipinski definition) is 2. The molecule has 0 aromatic carbocycles. The van der Waals surface area contributed by atoms with Gasteiger partial charge >= 0.3 is 0 Å². The predicted molar refractivity (Wildman–Crippen MR) is 82.8 cm³/mol. The van der Waals surface area contributed by atoms with Crippen LogP contribution in [0.4, 0.5) is 11.8 Å². The van der Waals surface area contributed by atoms with Crippen molar-refractivity contribution < 1.29 is 0 Å². The molecule has 20 heavy (non-hydrogen) atoms. The molecule has 3 heterocycles. The van der Waals surface area contributed by atoms with Crippen LogP contribution in [0, 0.1) is 6.92 Å². The van der Waals surface area contributed by atoms with E-state index in [4.69, 9.17) is 5.73 Å². The third-order valence-electron chi connectivity index (χ3n) is 3.09. The number of fused-ring (bicyclic) bond motifs is 1. The molecule has 102 valence electrons. The van der Waals surface area contributed by atoms with E-state index < -0.39 is 0 Å². The molecule has 5 nitrogen and oxygen atoms in total. The molecule has 0 radical (unpaired) electrons. The van der Waals surface area contributed by atoms with Crippen LogP contribution in [0.5, 0.6) is 0 Å². The minimum absolute atomic E-state index is 0.121. The van der Waals surface area contributed by atoms with E-state index in [0.717, 1.165) is 21.6 Å². The van der Waals surface area contributed by atoms with Gasteiger partial charge in [-0.15, -0.1) is 11.3 Å². The van der Waals surface area contributed by atoms with Crippen molar-refractivity contribution in [3.05, 3.63) is 41.0 Å². The Morgan fingerprint density at radius 3 is 2.75 bits per heavy atom. The Bertz CT molecular complexity index is 738. The van der Waals surface area contributed by atoms with Crippen LogP contribution in [0.1, 0.15) is 23.4 Å². The summed E-state index contributed by atoms with van der Waals surface area (Å²) in [5, 5.41) is 4.42. The Kier molecular flexibility index (Phi) is 3.23. The molecule has 0 aliphatic heterocycles. The van der Waals surface area contributed by atoms with Gasteiger partial charge in [-0.25, -0.2) is 4.98 Å². The number of nitrogens with two attached hydrogens (primary N) is 1. The first-order valence-electron chi connectivity index (χ1n) is 6.33. The number of nitrogen functional groups attached to an aromatic ring is 1. The Labute approximate surface area is 120 Å². The zero-order valence-corrected chi connectivity index (χ0v) is 12.1. The predicted octanol–water partition coefficient (Wildman–Crippen LogP) is 3.15. The van der Waals surface area contributed by atoms with Gasteiger partial charge in [0.1, 0.15) is 10.6 Å². The van der Waals surface area contributed by atoms with Crippen LogP contribution in [-0.2, 0) is 0 Å². The molecule has 0 saturated heterocycles. The summed E-state index contributed by atoms with van der Waals surface area (Å²) in [4.78, 5) is 14.7. The van der Waals surface area contributed by atoms with Crippen LogP contribution in [0.3, 0.4) is 0 Å². The molecule has 1 atom stereocenters. The number of nitrogens with one attached hydrogen (secondary N) is 1. The first-order chi connectivity index (χ1) is 9.63. The van der Waals surface area contributed by atoms with E-state index in [2.05, 4.69) is 40.2 Å². The minimum Gasteiger partial charge on any atom is -0.368 e. The first-order valence-corrected chi connectivity index (χ1v) is 7.15. The van der Waals surface area contributed by atoms with Crippen LogP contribution < -0.4 is 11.1 Å². The highest BCUT2D eigenvalue weighted by Crippen LogP contribution is 2.30. The highest BCUT2D eigenvalue weighted by atomic mass is 32.1. The lowest BCUT2D eigenvalue weighted by atomic mass is 10.1. The largest absolute Gasteiger partial charge is 0.368 e. The molecule has 3 N–H and O–H groups in total. The number of anilines is 2. The lowest BCUT2D eigenvalue weighted by Gasteiger charge is -2.15. The fraction of sp³-hybridized carbons (Fsp3) is 0.214. The zero-order chi connectivity index (χ0) is 14.1. The summed E-state index contributed by atoms with van der Waals surface area (Å²) >= 11 is 1.62. The van der Waals surface area contributed by atoms with Crippen molar-refractivity contribution in [3.8, 4) is 0 Å². The summed E-state index contributed by atoms with van der Waals surface area (Å²) < 4.78 is 0. The molecule has 0 aliphatic rings. The van der Waals surface area contributed by atoms with Gasteiger partial charge in [0, 0.05) is 17.3 Å². The summed E-state index contributed by atoms with van der Waals surface area (Å²) in [6, 6.07) is 6.17. The fourth-order valence-corrected chi connectivity index (χ4v) is 3.00. The lowest BCUT2D eigenvalue weighted by molar-refractivity contribution is 0.873. The van der Waals surface area contributed by atoms with Crippen LogP contribution in [0.25, 0.3) is 10.2 Å². The van der Waals surface area contributed by atoms with Gasteiger partial charge in [-0.3, -0.25) is 4.98 Å². The molecule has 0 aliphatic carbocycles. The quantitative estimate of drug-likeness (QED) is 0.773. The van der Waals surface area contributed by atoms with E-state index in [1.807, 2.05) is 12.1 Å². The maximum atomic E-state index is 5.78.